The molecule has 0 saturated carbocycles. The van der Waals surface area contributed by atoms with Crippen LogP contribution in [0.4, 0.5) is 4.39 Å². The summed E-state index contributed by atoms with van der Waals surface area (Å²) in [6.07, 6.45) is 3.00. The number of halogens is 2. The van der Waals surface area contributed by atoms with Gasteiger partial charge in [0.15, 0.2) is 0 Å². The number of hydrogen-bond donors (Lipinski definition) is 1. The van der Waals surface area contributed by atoms with Crippen LogP contribution >= 0.6 is 11.6 Å². The number of carbonyl (C=O) groups excluding carboxylic acids is 1. The van der Waals surface area contributed by atoms with Crippen LogP contribution in [0.2, 0.25) is 5.02 Å². The SMILES string of the molecule is C=CC.CCC.NC(=O)c1ccc(F)c(Cl)c1. The molecule has 2 N–H and O–H groups in total. The fourth-order valence-corrected chi connectivity index (χ4v) is 0.830. The van der Waals surface area contributed by atoms with E-state index >= 15 is 0 Å². The van der Waals surface area contributed by atoms with Crippen LogP contribution < -0.4 is 5.73 Å². The maximum atomic E-state index is 12.5. The van der Waals surface area contributed by atoms with Gasteiger partial charge in [0.2, 0.25) is 5.91 Å². The molecule has 0 aromatic heterocycles. The molecule has 0 aliphatic carbocycles. The van der Waals surface area contributed by atoms with Gasteiger partial charge in [-0.25, -0.2) is 4.39 Å². The second-order valence-electron chi connectivity index (χ2n) is 3.11. The summed E-state index contributed by atoms with van der Waals surface area (Å²) in [5.41, 5.74) is 5.12. The minimum Gasteiger partial charge on any atom is -0.366 e. The first kappa shape index (κ1) is 18.0. The Hall–Kier alpha value is -1.35. The standard InChI is InChI=1S/C7H5ClFNO.C3H8.C3H6/c8-5-3-4(7(10)11)1-2-6(5)9;2*1-3-2/h1-3H,(H2,10,11);3H2,1-2H3;3H,1H2,2H3. The Morgan fingerprint density at radius 1 is 1.53 bits per heavy atom. The molecule has 0 heterocycles. The molecule has 0 fully saturated rings. The molecule has 0 aliphatic rings. The number of hydrogen-bond acceptors (Lipinski definition) is 1. The lowest BCUT2D eigenvalue weighted by atomic mass is 10.2. The average molecular weight is 260 g/mol. The monoisotopic (exact) mass is 259 g/mol. The van der Waals surface area contributed by atoms with Gasteiger partial charge < -0.3 is 5.73 Å². The molecule has 0 bridgehead atoms. The Labute approximate surface area is 107 Å². The van der Waals surface area contributed by atoms with E-state index in [1.807, 2.05) is 6.92 Å². The second kappa shape index (κ2) is 11.1. The van der Waals surface area contributed by atoms with Crippen LogP contribution in [0.25, 0.3) is 0 Å². The van der Waals surface area contributed by atoms with Crippen molar-refractivity contribution in [2.45, 2.75) is 27.2 Å². The lowest BCUT2D eigenvalue weighted by Crippen LogP contribution is -2.10. The summed E-state index contributed by atoms with van der Waals surface area (Å²) in [5, 5.41) is -0.0960. The zero-order valence-electron chi connectivity index (χ0n) is 10.5. The van der Waals surface area contributed by atoms with Crippen LogP contribution in [-0.2, 0) is 0 Å². The van der Waals surface area contributed by atoms with Gasteiger partial charge in [-0.05, 0) is 25.1 Å². The van der Waals surface area contributed by atoms with E-state index in [0.29, 0.717) is 0 Å². The van der Waals surface area contributed by atoms with E-state index in [1.165, 1.54) is 18.6 Å². The highest BCUT2D eigenvalue weighted by Gasteiger charge is 2.03. The molecule has 1 aromatic rings. The normalized spacial score (nSPS) is 8.06. The number of carbonyl (C=O) groups is 1. The lowest BCUT2D eigenvalue weighted by molar-refractivity contribution is 0.100. The second-order valence-corrected chi connectivity index (χ2v) is 3.52. The number of primary amides is 1. The van der Waals surface area contributed by atoms with Gasteiger partial charge in [0.25, 0.3) is 0 Å². The molecule has 1 aromatic carbocycles. The summed E-state index contributed by atoms with van der Waals surface area (Å²) < 4.78 is 12.5. The third kappa shape index (κ3) is 9.57. The number of rotatable bonds is 1. The quantitative estimate of drug-likeness (QED) is 0.755. The molecule has 96 valence electrons. The van der Waals surface area contributed by atoms with Crippen LogP contribution in [-0.4, -0.2) is 5.91 Å². The highest BCUT2D eigenvalue weighted by Crippen LogP contribution is 2.15. The van der Waals surface area contributed by atoms with Gasteiger partial charge in [0.1, 0.15) is 5.82 Å². The molecular weight excluding hydrogens is 241 g/mol. The largest absolute Gasteiger partial charge is 0.366 e. The summed E-state index contributed by atoms with van der Waals surface area (Å²) >= 11 is 5.38. The summed E-state index contributed by atoms with van der Waals surface area (Å²) in [4.78, 5) is 10.5. The number of nitrogens with two attached hydrogens (primary N) is 1. The predicted molar refractivity (Wildman–Crippen MR) is 71.8 cm³/mol. The highest BCUT2D eigenvalue weighted by atomic mass is 35.5. The summed E-state index contributed by atoms with van der Waals surface area (Å²) in [5.74, 6) is -1.18. The highest BCUT2D eigenvalue weighted by molar-refractivity contribution is 6.31. The molecule has 17 heavy (non-hydrogen) atoms. The summed E-state index contributed by atoms with van der Waals surface area (Å²) in [7, 11) is 0. The van der Waals surface area contributed by atoms with E-state index in [0.717, 1.165) is 6.07 Å². The van der Waals surface area contributed by atoms with Gasteiger partial charge >= 0.3 is 0 Å². The van der Waals surface area contributed by atoms with E-state index in [-0.39, 0.29) is 10.6 Å². The number of amides is 1. The topological polar surface area (TPSA) is 43.1 Å². The molecule has 2 nitrogen and oxygen atoms in total. The van der Waals surface area contributed by atoms with Crippen LogP contribution in [0.15, 0.2) is 30.9 Å². The number of benzene rings is 1. The molecule has 0 unspecified atom stereocenters. The van der Waals surface area contributed by atoms with Gasteiger partial charge in [-0.15, -0.1) is 6.58 Å². The molecule has 0 radical (unpaired) electrons. The summed E-state index contributed by atoms with van der Waals surface area (Å²) in [6, 6.07) is 3.57. The van der Waals surface area contributed by atoms with Gasteiger partial charge in [0.05, 0.1) is 5.02 Å². The van der Waals surface area contributed by atoms with Crippen molar-refractivity contribution < 1.29 is 9.18 Å². The Balaban J connectivity index is 0. The minimum atomic E-state index is -0.619. The van der Waals surface area contributed by atoms with Crippen molar-refractivity contribution in [1.29, 1.82) is 0 Å². The Morgan fingerprint density at radius 2 is 1.94 bits per heavy atom. The lowest BCUT2D eigenvalue weighted by Gasteiger charge is -1.96. The van der Waals surface area contributed by atoms with Crippen molar-refractivity contribution in [2.24, 2.45) is 5.73 Å². The third-order valence-corrected chi connectivity index (χ3v) is 1.49. The molecule has 0 spiro atoms. The summed E-state index contributed by atoms with van der Waals surface area (Å²) in [6.45, 7) is 9.50. The average Bonchev–Trinajstić information content (AvgIpc) is 2.24. The van der Waals surface area contributed by atoms with E-state index in [1.54, 1.807) is 6.08 Å². The first-order valence-electron chi connectivity index (χ1n) is 5.26. The van der Waals surface area contributed by atoms with Crippen molar-refractivity contribution in [3.63, 3.8) is 0 Å². The molecule has 4 heteroatoms. The fraction of sp³-hybridized carbons (Fsp3) is 0.308. The zero-order chi connectivity index (χ0) is 13.8. The van der Waals surface area contributed by atoms with Crippen molar-refractivity contribution in [1.82, 2.24) is 0 Å². The molecule has 1 rings (SSSR count). The predicted octanol–water partition coefficient (Wildman–Crippen LogP) is 4.19. The Kier molecular flexibility index (Phi) is 11.8. The molecule has 0 aliphatic heterocycles. The van der Waals surface area contributed by atoms with Crippen molar-refractivity contribution >= 4 is 17.5 Å². The van der Waals surface area contributed by atoms with Gasteiger partial charge in [-0.3, -0.25) is 4.79 Å². The van der Waals surface area contributed by atoms with E-state index in [2.05, 4.69) is 20.4 Å². The first-order chi connectivity index (χ1) is 7.94. The van der Waals surface area contributed by atoms with Crippen molar-refractivity contribution in [3.05, 3.63) is 47.3 Å². The van der Waals surface area contributed by atoms with E-state index in [9.17, 15) is 9.18 Å². The van der Waals surface area contributed by atoms with Gasteiger partial charge in [0, 0.05) is 5.56 Å². The molecule has 1 amide bonds. The molecule has 0 saturated heterocycles. The van der Waals surface area contributed by atoms with Crippen LogP contribution in [0, 0.1) is 5.82 Å². The van der Waals surface area contributed by atoms with Gasteiger partial charge in [-0.1, -0.05) is 37.9 Å². The minimum absolute atomic E-state index is 0.0960. The molecular formula is C13H19ClFNO. The smallest absolute Gasteiger partial charge is 0.248 e. The van der Waals surface area contributed by atoms with Crippen molar-refractivity contribution in [2.75, 3.05) is 0 Å². The van der Waals surface area contributed by atoms with Crippen LogP contribution in [0.3, 0.4) is 0 Å². The van der Waals surface area contributed by atoms with Crippen molar-refractivity contribution in [3.8, 4) is 0 Å². The Morgan fingerprint density at radius 3 is 2.24 bits per heavy atom. The zero-order valence-corrected chi connectivity index (χ0v) is 11.2. The van der Waals surface area contributed by atoms with E-state index < -0.39 is 11.7 Å². The van der Waals surface area contributed by atoms with Crippen LogP contribution in [0.5, 0.6) is 0 Å². The van der Waals surface area contributed by atoms with Gasteiger partial charge in [-0.2, -0.15) is 0 Å². The maximum Gasteiger partial charge on any atom is 0.248 e. The first-order valence-corrected chi connectivity index (χ1v) is 5.64. The number of allylic oxidation sites excluding steroid dienone is 1. The third-order valence-electron chi connectivity index (χ3n) is 1.20. The van der Waals surface area contributed by atoms with E-state index in [4.69, 9.17) is 17.3 Å². The van der Waals surface area contributed by atoms with Crippen LogP contribution in [0.1, 0.15) is 37.6 Å². The maximum absolute atomic E-state index is 12.5. The Bertz CT molecular complexity index is 353. The fourth-order valence-electron chi connectivity index (χ4n) is 0.649. The molecule has 0 atom stereocenters.